The Hall–Kier alpha value is -4.45. The summed E-state index contributed by atoms with van der Waals surface area (Å²) < 4.78 is 17.0. The summed E-state index contributed by atoms with van der Waals surface area (Å²) in [4.78, 5) is 47.8. The average molecular weight is 514 g/mol. The van der Waals surface area contributed by atoms with E-state index in [1.54, 1.807) is 25.1 Å². The van der Waals surface area contributed by atoms with Gasteiger partial charge in [-0.15, -0.1) is 0 Å². The molecule has 0 aliphatic carbocycles. The van der Waals surface area contributed by atoms with Gasteiger partial charge in [0.25, 0.3) is 11.5 Å². The van der Waals surface area contributed by atoms with Crippen molar-refractivity contribution < 1.29 is 19.1 Å². The van der Waals surface area contributed by atoms with Crippen LogP contribution in [0.3, 0.4) is 0 Å². The standard InChI is InChI=1S/C23H21ClFN7O4/c1-30(2)17-6-16(14(24)7-27-17)29-18(33)9-32-8-13(19-22(32)28-10-31(3)23(19)36)11-4-12(21(26)35)20(34)15(25)5-11/h4-8,10,34H,9H2,1-3H3,(H2,26,35)(H,27,29,33). The number of fused-ring (bicyclic) bond motifs is 1. The van der Waals surface area contributed by atoms with Crippen molar-refractivity contribution in [2.75, 3.05) is 24.3 Å². The summed E-state index contributed by atoms with van der Waals surface area (Å²) in [5, 5.41) is 12.9. The smallest absolute Gasteiger partial charge is 0.263 e. The number of anilines is 2. The van der Waals surface area contributed by atoms with Crippen molar-refractivity contribution in [3.05, 3.63) is 63.7 Å². The van der Waals surface area contributed by atoms with E-state index in [4.69, 9.17) is 17.3 Å². The minimum atomic E-state index is -1.09. The van der Waals surface area contributed by atoms with E-state index in [0.29, 0.717) is 11.5 Å². The highest BCUT2D eigenvalue weighted by atomic mass is 35.5. The summed E-state index contributed by atoms with van der Waals surface area (Å²) in [6.45, 7) is -0.268. The van der Waals surface area contributed by atoms with Crippen LogP contribution in [-0.2, 0) is 18.4 Å². The molecule has 0 fully saturated rings. The molecular formula is C23H21ClFN7O4. The van der Waals surface area contributed by atoms with Crippen LogP contribution >= 0.6 is 11.6 Å². The van der Waals surface area contributed by atoms with Crippen LogP contribution in [0.15, 0.2) is 41.7 Å². The van der Waals surface area contributed by atoms with Crippen LogP contribution in [0.4, 0.5) is 15.9 Å². The fraction of sp³-hybridized carbons (Fsp3) is 0.174. The van der Waals surface area contributed by atoms with Gasteiger partial charge in [-0.1, -0.05) is 11.6 Å². The third kappa shape index (κ3) is 4.45. The molecule has 0 saturated heterocycles. The number of primary amides is 1. The topological polar surface area (TPSA) is 148 Å². The Bertz CT molecular complexity index is 1600. The van der Waals surface area contributed by atoms with E-state index in [2.05, 4.69) is 15.3 Å². The maximum absolute atomic E-state index is 14.4. The Morgan fingerprint density at radius 2 is 1.97 bits per heavy atom. The van der Waals surface area contributed by atoms with Crippen LogP contribution in [0.5, 0.6) is 5.75 Å². The molecule has 0 aliphatic heterocycles. The zero-order valence-corrected chi connectivity index (χ0v) is 20.2. The molecule has 3 heterocycles. The molecule has 0 unspecified atom stereocenters. The zero-order chi connectivity index (χ0) is 26.3. The van der Waals surface area contributed by atoms with Crippen molar-refractivity contribution in [2.24, 2.45) is 12.8 Å². The minimum absolute atomic E-state index is 0.0881. The van der Waals surface area contributed by atoms with Gasteiger partial charge >= 0.3 is 0 Å². The second-order valence-electron chi connectivity index (χ2n) is 8.21. The normalized spacial score (nSPS) is 11.0. The molecule has 0 radical (unpaired) electrons. The lowest BCUT2D eigenvalue weighted by Crippen LogP contribution is -2.21. The number of rotatable bonds is 6. The molecule has 0 aliphatic rings. The van der Waals surface area contributed by atoms with E-state index in [1.807, 2.05) is 0 Å². The third-order valence-electron chi connectivity index (χ3n) is 5.46. The molecule has 4 N–H and O–H groups in total. The fourth-order valence-corrected chi connectivity index (χ4v) is 3.81. The first kappa shape index (κ1) is 24.7. The molecule has 4 aromatic rings. The van der Waals surface area contributed by atoms with Gasteiger partial charge in [0, 0.05) is 39.0 Å². The monoisotopic (exact) mass is 513 g/mol. The van der Waals surface area contributed by atoms with Crippen molar-refractivity contribution in [3.63, 3.8) is 0 Å². The Kier molecular flexibility index (Phi) is 6.37. The van der Waals surface area contributed by atoms with Crippen LogP contribution < -0.4 is 21.5 Å². The summed E-state index contributed by atoms with van der Waals surface area (Å²) >= 11 is 6.18. The van der Waals surface area contributed by atoms with Crippen LogP contribution in [-0.4, -0.2) is 50.1 Å². The quantitative estimate of drug-likeness (QED) is 0.357. The number of nitrogens with one attached hydrogen (secondary N) is 1. The summed E-state index contributed by atoms with van der Waals surface area (Å²) in [6.07, 6.45) is 4.14. The number of aryl methyl sites for hydroxylation is 1. The van der Waals surface area contributed by atoms with Crippen LogP contribution in [0, 0.1) is 5.82 Å². The maximum Gasteiger partial charge on any atom is 0.263 e. The first-order valence-corrected chi connectivity index (χ1v) is 10.9. The van der Waals surface area contributed by atoms with Gasteiger partial charge in [-0.2, -0.15) is 0 Å². The van der Waals surface area contributed by atoms with Gasteiger partial charge in [0.1, 0.15) is 18.0 Å². The molecule has 186 valence electrons. The number of carbonyl (C=O) groups is 2. The molecular weight excluding hydrogens is 493 g/mol. The van der Waals surface area contributed by atoms with E-state index in [0.717, 1.165) is 6.07 Å². The van der Waals surface area contributed by atoms with Crippen molar-refractivity contribution >= 4 is 46.0 Å². The molecule has 0 bridgehead atoms. The summed E-state index contributed by atoms with van der Waals surface area (Å²) in [5.41, 5.74) is 5.15. The second-order valence-corrected chi connectivity index (χ2v) is 8.62. The molecule has 0 spiro atoms. The van der Waals surface area contributed by atoms with Gasteiger partial charge in [-0.25, -0.2) is 14.4 Å². The Balaban J connectivity index is 1.79. The zero-order valence-electron chi connectivity index (χ0n) is 19.4. The SMILES string of the molecule is CN(C)c1cc(NC(=O)Cn2cc(-c3cc(F)c(O)c(C(N)=O)c3)c3c(=O)n(C)cnc32)c(Cl)cn1. The van der Waals surface area contributed by atoms with Crippen molar-refractivity contribution in [1.82, 2.24) is 19.1 Å². The predicted octanol–water partition coefficient (Wildman–Crippen LogP) is 2.10. The summed E-state index contributed by atoms with van der Waals surface area (Å²) in [7, 11) is 5.07. The number of amides is 2. The number of nitrogens with two attached hydrogens (primary N) is 1. The lowest BCUT2D eigenvalue weighted by atomic mass is 10.0. The number of benzene rings is 1. The molecule has 4 rings (SSSR count). The molecule has 0 saturated carbocycles. The van der Waals surface area contributed by atoms with Crippen molar-refractivity contribution in [1.29, 1.82) is 0 Å². The van der Waals surface area contributed by atoms with Gasteiger partial charge in [-0.3, -0.25) is 14.4 Å². The van der Waals surface area contributed by atoms with E-state index < -0.39 is 34.5 Å². The minimum Gasteiger partial charge on any atom is -0.504 e. The number of aromatic hydroxyl groups is 1. The highest BCUT2D eigenvalue weighted by molar-refractivity contribution is 6.33. The number of hydrogen-bond donors (Lipinski definition) is 3. The summed E-state index contributed by atoms with van der Waals surface area (Å²) in [6, 6.07) is 3.75. The van der Waals surface area contributed by atoms with Crippen LogP contribution in [0.25, 0.3) is 22.2 Å². The van der Waals surface area contributed by atoms with Gasteiger partial charge in [0.15, 0.2) is 11.6 Å². The average Bonchev–Trinajstić information content (AvgIpc) is 3.17. The lowest BCUT2D eigenvalue weighted by Gasteiger charge is -2.14. The largest absolute Gasteiger partial charge is 0.504 e. The maximum atomic E-state index is 14.4. The first-order chi connectivity index (χ1) is 17.0. The van der Waals surface area contributed by atoms with E-state index in [1.165, 1.54) is 41.0 Å². The first-order valence-electron chi connectivity index (χ1n) is 10.5. The van der Waals surface area contributed by atoms with Crippen molar-refractivity contribution in [3.8, 4) is 16.9 Å². The molecule has 13 heteroatoms. The number of nitrogens with zero attached hydrogens (tertiary/aromatic N) is 5. The molecule has 36 heavy (non-hydrogen) atoms. The predicted molar refractivity (Wildman–Crippen MR) is 133 cm³/mol. The van der Waals surface area contributed by atoms with E-state index >= 15 is 0 Å². The highest BCUT2D eigenvalue weighted by Crippen LogP contribution is 2.33. The molecule has 1 aromatic carbocycles. The second kappa shape index (κ2) is 9.30. The van der Waals surface area contributed by atoms with Crippen LogP contribution in [0.2, 0.25) is 5.02 Å². The summed E-state index contributed by atoms with van der Waals surface area (Å²) in [5.74, 6) is -2.94. The van der Waals surface area contributed by atoms with Gasteiger partial charge in [-0.05, 0) is 17.7 Å². The molecule has 2 amide bonds. The fourth-order valence-electron chi connectivity index (χ4n) is 3.66. The Morgan fingerprint density at radius 1 is 1.25 bits per heavy atom. The highest BCUT2D eigenvalue weighted by Gasteiger charge is 2.21. The van der Waals surface area contributed by atoms with E-state index in [9.17, 15) is 23.9 Å². The third-order valence-corrected chi connectivity index (χ3v) is 5.77. The molecule has 3 aromatic heterocycles. The number of carbonyl (C=O) groups excluding carboxylic acids is 2. The number of pyridine rings is 1. The number of phenols is 1. The number of aromatic nitrogens is 4. The van der Waals surface area contributed by atoms with Gasteiger partial charge < -0.3 is 30.2 Å². The number of halogens is 2. The van der Waals surface area contributed by atoms with Crippen molar-refractivity contribution in [2.45, 2.75) is 6.54 Å². The number of hydrogen-bond acceptors (Lipinski definition) is 7. The molecule has 0 atom stereocenters. The molecule has 11 nitrogen and oxygen atoms in total. The lowest BCUT2D eigenvalue weighted by molar-refractivity contribution is -0.116. The Morgan fingerprint density at radius 3 is 2.64 bits per heavy atom. The van der Waals surface area contributed by atoms with Crippen LogP contribution in [0.1, 0.15) is 10.4 Å². The van der Waals surface area contributed by atoms with Gasteiger partial charge in [0.2, 0.25) is 5.91 Å². The van der Waals surface area contributed by atoms with E-state index in [-0.39, 0.29) is 33.7 Å². The Labute approximate surface area is 208 Å². The van der Waals surface area contributed by atoms with Gasteiger partial charge in [0.05, 0.1) is 34.2 Å².